The highest BCUT2D eigenvalue weighted by molar-refractivity contribution is 5.29. The number of pyridine rings is 1. The van der Waals surface area contributed by atoms with Crippen molar-refractivity contribution in [3.05, 3.63) is 42.1 Å². The summed E-state index contributed by atoms with van der Waals surface area (Å²) < 4.78 is 1.66. The molecule has 2 aromatic heterocycles. The summed E-state index contributed by atoms with van der Waals surface area (Å²) in [6.45, 7) is 1.91. The Hall–Kier alpha value is -2.15. The smallest absolute Gasteiger partial charge is 0.218 e. The highest BCUT2D eigenvalue weighted by Gasteiger charge is 2.03. The van der Waals surface area contributed by atoms with Crippen molar-refractivity contribution in [2.75, 3.05) is 0 Å². The fourth-order valence-electron chi connectivity index (χ4n) is 1.23. The van der Waals surface area contributed by atoms with Crippen LogP contribution in [0.2, 0.25) is 0 Å². The van der Waals surface area contributed by atoms with Gasteiger partial charge in [-0.15, -0.1) is 0 Å². The molecule has 2 aromatic rings. The van der Waals surface area contributed by atoms with Crippen LogP contribution in [0.15, 0.2) is 30.6 Å². The van der Waals surface area contributed by atoms with Crippen molar-refractivity contribution < 1.29 is 0 Å². The van der Waals surface area contributed by atoms with Gasteiger partial charge in [0, 0.05) is 18.1 Å². The number of imidazole rings is 1. The zero-order valence-electron chi connectivity index (χ0n) is 7.68. The van der Waals surface area contributed by atoms with E-state index < -0.39 is 0 Å². The van der Waals surface area contributed by atoms with Crippen molar-refractivity contribution in [1.82, 2.24) is 14.5 Å². The van der Waals surface area contributed by atoms with Crippen molar-refractivity contribution in [2.45, 2.75) is 6.92 Å². The molecule has 0 aliphatic carbocycles. The zero-order valence-corrected chi connectivity index (χ0v) is 7.68. The van der Waals surface area contributed by atoms with E-state index in [1.165, 1.54) is 0 Å². The molecule has 0 radical (unpaired) electrons. The standard InChI is InChI=1S/C10H8N4/c1-8-3-2-4-9(13-8)14-6-5-12-10(14)7-11/h2-6H,1H3. The topological polar surface area (TPSA) is 54.5 Å². The van der Waals surface area contributed by atoms with Crippen LogP contribution in [-0.2, 0) is 0 Å². The Balaban J connectivity index is 2.56. The summed E-state index contributed by atoms with van der Waals surface area (Å²) in [5.41, 5.74) is 0.917. The molecule has 14 heavy (non-hydrogen) atoms. The molecule has 2 heterocycles. The second-order valence-corrected chi connectivity index (χ2v) is 2.87. The predicted octanol–water partition coefficient (Wildman–Crippen LogP) is 1.45. The van der Waals surface area contributed by atoms with Gasteiger partial charge >= 0.3 is 0 Å². The van der Waals surface area contributed by atoms with Crippen LogP contribution in [0.5, 0.6) is 0 Å². The molecular weight excluding hydrogens is 176 g/mol. The quantitative estimate of drug-likeness (QED) is 0.674. The Labute approximate surface area is 81.5 Å². The van der Waals surface area contributed by atoms with E-state index in [9.17, 15) is 0 Å². The van der Waals surface area contributed by atoms with Crippen molar-refractivity contribution in [2.24, 2.45) is 0 Å². The molecule has 4 heteroatoms. The molecule has 0 unspecified atom stereocenters. The van der Waals surface area contributed by atoms with Crippen LogP contribution in [0.3, 0.4) is 0 Å². The van der Waals surface area contributed by atoms with Gasteiger partial charge in [-0.2, -0.15) is 5.26 Å². The van der Waals surface area contributed by atoms with Gasteiger partial charge < -0.3 is 0 Å². The molecule has 0 atom stereocenters. The molecule has 0 amide bonds. The Morgan fingerprint density at radius 2 is 2.29 bits per heavy atom. The Morgan fingerprint density at radius 3 is 3.00 bits per heavy atom. The van der Waals surface area contributed by atoms with E-state index in [1.54, 1.807) is 17.0 Å². The second kappa shape index (κ2) is 3.30. The Morgan fingerprint density at radius 1 is 1.43 bits per heavy atom. The van der Waals surface area contributed by atoms with Crippen molar-refractivity contribution in [3.8, 4) is 11.9 Å². The molecule has 0 saturated carbocycles. The highest BCUT2D eigenvalue weighted by atomic mass is 15.1. The van der Waals surface area contributed by atoms with Crippen LogP contribution >= 0.6 is 0 Å². The van der Waals surface area contributed by atoms with Crippen LogP contribution in [0.25, 0.3) is 5.82 Å². The molecule has 0 spiro atoms. The average Bonchev–Trinajstić information content (AvgIpc) is 2.65. The molecule has 0 aliphatic rings. The van der Waals surface area contributed by atoms with E-state index in [2.05, 4.69) is 9.97 Å². The summed E-state index contributed by atoms with van der Waals surface area (Å²) in [7, 11) is 0. The number of hydrogen-bond donors (Lipinski definition) is 0. The minimum Gasteiger partial charge on any atom is -0.275 e. The number of aromatic nitrogens is 3. The predicted molar refractivity (Wildman–Crippen MR) is 50.8 cm³/mol. The summed E-state index contributed by atoms with van der Waals surface area (Å²) in [5, 5.41) is 8.78. The molecule has 68 valence electrons. The van der Waals surface area contributed by atoms with Gasteiger partial charge in [0.2, 0.25) is 5.82 Å². The molecule has 0 saturated heterocycles. The number of nitriles is 1. The number of hydrogen-bond acceptors (Lipinski definition) is 3. The molecule has 0 aliphatic heterocycles. The summed E-state index contributed by atoms with van der Waals surface area (Å²) in [6.07, 6.45) is 3.31. The van der Waals surface area contributed by atoms with Crippen molar-refractivity contribution >= 4 is 0 Å². The van der Waals surface area contributed by atoms with Gasteiger partial charge in [-0.1, -0.05) is 6.07 Å². The minimum absolute atomic E-state index is 0.350. The molecule has 0 fully saturated rings. The third kappa shape index (κ3) is 1.36. The molecule has 2 rings (SSSR count). The van der Waals surface area contributed by atoms with Gasteiger partial charge in [-0.25, -0.2) is 9.97 Å². The lowest BCUT2D eigenvalue weighted by atomic mass is 10.4. The van der Waals surface area contributed by atoms with Crippen LogP contribution < -0.4 is 0 Å². The summed E-state index contributed by atoms with van der Waals surface area (Å²) in [6, 6.07) is 7.66. The minimum atomic E-state index is 0.350. The summed E-state index contributed by atoms with van der Waals surface area (Å²) in [5.74, 6) is 1.07. The number of nitrogens with zero attached hydrogens (tertiary/aromatic N) is 4. The summed E-state index contributed by atoms with van der Waals surface area (Å²) in [4.78, 5) is 8.20. The number of rotatable bonds is 1. The Kier molecular flexibility index (Phi) is 1.99. The molecule has 0 aromatic carbocycles. The normalized spacial score (nSPS) is 9.71. The van der Waals surface area contributed by atoms with Gasteiger partial charge in [0.25, 0.3) is 0 Å². The van der Waals surface area contributed by atoms with E-state index in [0.29, 0.717) is 5.82 Å². The molecule has 0 N–H and O–H groups in total. The monoisotopic (exact) mass is 184 g/mol. The van der Waals surface area contributed by atoms with Crippen molar-refractivity contribution in [3.63, 3.8) is 0 Å². The lowest BCUT2D eigenvalue weighted by molar-refractivity contribution is 0.953. The van der Waals surface area contributed by atoms with Gasteiger partial charge in [0.15, 0.2) is 0 Å². The van der Waals surface area contributed by atoms with Gasteiger partial charge in [-0.3, -0.25) is 4.57 Å². The average molecular weight is 184 g/mol. The highest BCUT2D eigenvalue weighted by Crippen LogP contribution is 2.07. The second-order valence-electron chi connectivity index (χ2n) is 2.87. The fraction of sp³-hybridized carbons (Fsp3) is 0.100. The first-order valence-electron chi connectivity index (χ1n) is 4.19. The SMILES string of the molecule is Cc1cccc(-n2ccnc2C#N)n1. The first kappa shape index (κ1) is 8.45. The zero-order chi connectivity index (χ0) is 9.97. The van der Waals surface area contributed by atoms with Gasteiger partial charge in [0.05, 0.1) is 0 Å². The van der Waals surface area contributed by atoms with Gasteiger partial charge in [-0.05, 0) is 19.1 Å². The van der Waals surface area contributed by atoms with E-state index in [1.807, 2.05) is 31.2 Å². The third-order valence-corrected chi connectivity index (χ3v) is 1.86. The lowest BCUT2D eigenvalue weighted by Gasteiger charge is -2.02. The third-order valence-electron chi connectivity index (χ3n) is 1.86. The molecular formula is C10H8N4. The fourth-order valence-corrected chi connectivity index (χ4v) is 1.23. The molecule has 4 nitrogen and oxygen atoms in total. The van der Waals surface area contributed by atoms with E-state index in [0.717, 1.165) is 11.5 Å². The lowest BCUT2D eigenvalue weighted by Crippen LogP contribution is -1.99. The van der Waals surface area contributed by atoms with Gasteiger partial charge in [0.1, 0.15) is 11.9 Å². The van der Waals surface area contributed by atoms with Crippen LogP contribution in [0.4, 0.5) is 0 Å². The maximum absolute atomic E-state index is 8.78. The maximum Gasteiger partial charge on any atom is 0.218 e. The van der Waals surface area contributed by atoms with Crippen LogP contribution in [0, 0.1) is 18.3 Å². The van der Waals surface area contributed by atoms with Crippen molar-refractivity contribution in [1.29, 1.82) is 5.26 Å². The first-order valence-corrected chi connectivity index (χ1v) is 4.19. The van der Waals surface area contributed by atoms with E-state index in [-0.39, 0.29) is 0 Å². The van der Waals surface area contributed by atoms with Crippen LogP contribution in [-0.4, -0.2) is 14.5 Å². The van der Waals surface area contributed by atoms with E-state index >= 15 is 0 Å². The Bertz CT molecular complexity index is 493. The molecule has 0 bridgehead atoms. The number of aryl methyl sites for hydroxylation is 1. The van der Waals surface area contributed by atoms with Crippen LogP contribution in [0.1, 0.15) is 11.5 Å². The largest absolute Gasteiger partial charge is 0.275 e. The first-order chi connectivity index (χ1) is 6.81. The maximum atomic E-state index is 8.78. The summed E-state index contributed by atoms with van der Waals surface area (Å²) >= 11 is 0. The van der Waals surface area contributed by atoms with E-state index in [4.69, 9.17) is 5.26 Å².